The summed E-state index contributed by atoms with van der Waals surface area (Å²) in [6.07, 6.45) is 11.0. The molecule has 14 heteroatoms. The number of fused-ring (bicyclic) bond motifs is 5. The molecule has 1 aromatic rings. The van der Waals surface area contributed by atoms with Crippen molar-refractivity contribution in [3.05, 3.63) is 74.7 Å². The van der Waals surface area contributed by atoms with Crippen molar-refractivity contribution in [2.45, 2.75) is 117 Å². The molecule has 4 aliphatic heterocycles. The van der Waals surface area contributed by atoms with E-state index >= 15 is 4.79 Å². The van der Waals surface area contributed by atoms with E-state index in [0.29, 0.717) is 59.6 Å². The van der Waals surface area contributed by atoms with Crippen LogP contribution in [-0.2, 0) is 30.3 Å². The lowest BCUT2D eigenvalue weighted by Crippen LogP contribution is -2.78. The zero-order chi connectivity index (χ0) is 48.2. The molecule has 3 saturated carbocycles. The van der Waals surface area contributed by atoms with Crippen LogP contribution in [0.2, 0.25) is 0 Å². The van der Waals surface area contributed by atoms with E-state index in [2.05, 4.69) is 17.0 Å². The maximum absolute atomic E-state index is 15.2. The Morgan fingerprint density at radius 2 is 1.70 bits per heavy atom. The third-order valence-electron chi connectivity index (χ3n) is 14.6. The van der Waals surface area contributed by atoms with Crippen LogP contribution in [0, 0.1) is 35.0 Å². The molecule has 354 valence electrons. The predicted molar refractivity (Wildman–Crippen MR) is 250 cm³/mol. The molecule has 1 spiro atoms. The molecule has 14 nitrogen and oxygen atoms in total. The van der Waals surface area contributed by atoms with E-state index < -0.39 is 52.3 Å². The summed E-state index contributed by atoms with van der Waals surface area (Å²) < 4.78 is 26.3. The summed E-state index contributed by atoms with van der Waals surface area (Å²) in [5.74, 6) is -3.42. The fourth-order valence-corrected chi connectivity index (χ4v) is 11.0. The molecule has 2 bridgehead atoms. The number of amides is 1. The van der Waals surface area contributed by atoms with Crippen molar-refractivity contribution in [1.82, 2.24) is 14.7 Å². The number of allylic oxidation sites excluding steroid dienone is 5. The number of carbonyl (C=O) groups is 4. The molecule has 8 rings (SSSR count). The van der Waals surface area contributed by atoms with Crippen LogP contribution in [0.4, 0.5) is 0 Å². The monoisotopic (exact) mass is 905 g/mol. The van der Waals surface area contributed by atoms with Crippen LogP contribution in [0.15, 0.2) is 58.0 Å². The van der Waals surface area contributed by atoms with Gasteiger partial charge in [0.15, 0.2) is 22.7 Å². The second-order valence-corrected chi connectivity index (χ2v) is 20.0. The summed E-state index contributed by atoms with van der Waals surface area (Å²) in [4.78, 5) is 61.4. The summed E-state index contributed by atoms with van der Waals surface area (Å²) in [7, 11) is 5.01. The van der Waals surface area contributed by atoms with Gasteiger partial charge in [0.2, 0.25) is 5.91 Å². The molecular formula is C52H67N5O9. The van der Waals surface area contributed by atoms with Gasteiger partial charge >= 0.3 is 11.9 Å². The van der Waals surface area contributed by atoms with Crippen molar-refractivity contribution >= 4 is 35.4 Å². The van der Waals surface area contributed by atoms with Crippen LogP contribution < -0.4 is 19.9 Å². The zero-order valence-corrected chi connectivity index (χ0v) is 40.6. The number of hydrogen-bond acceptors (Lipinski definition) is 13. The highest BCUT2D eigenvalue weighted by Crippen LogP contribution is 2.69. The first-order valence-corrected chi connectivity index (χ1v) is 23.3. The molecule has 1 aromatic carbocycles. The van der Waals surface area contributed by atoms with E-state index in [1.165, 1.54) is 18.8 Å². The van der Waals surface area contributed by atoms with Gasteiger partial charge in [-0.25, -0.2) is 4.79 Å². The second kappa shape index (κ2) is 18.2. The highest BCUT2D eigenvalue weighted by Gasteiger charge is 2.77. The minimum Gasteiger partial charge on any atom is -0.482 e. The maximum atomic E-state index is 15.2. The summed E-state index contributed by atoms with van der Waals surface area (Å²) >= 11 is 0. The number of methoxy groups -OCH3 is 1. The molecule has 4 fully saturated rings. The molecule has 7 aliphatic rings. The number of Topliss-reactive ketones (excluding diaryl/α,β-unsaturated/α-hetero) is 1. The molecule has 6 atom stereocenters. The third kappa shape index (κ3) is 8.06. The quantitative estimate of drug-likeness (QED) is 0.0915. The largest absolute Gasteiger partial charge is 0.482 e. The van der Waals surface area contributed by atoms with Gasteiger partial charge in [0.25, 0.3) is 0 Å². The Hall–Kier alpha value is -5.65. The molecule has 6 unspecified atom stereocenters. The van der Waals surface area contributed by atoms with Crippen molar-refractivity contribution in [3.63, 3.8) is 0 Å². The van der Waals surface area contributed by atoms with Gasteiger partial charge in [0, 0.05) is 80.5 Å². The first-order chi connectivity index (χ1) is 31.1. The van der Waals surface area contributed by atoms with Crippen LogP contribution in [0.5, 0.6) is 17.2 Å². The van der Waals surface area contributed by atoms with Crippen LogP contribution in [-0.4, -0.2) is 108 Å². The van der Waals surface area contributed by atoms with E-state index in [-0.39, 0.29) is 66.0 Å². The molecule has 0 aromatic heterocycles. The number of nitrogens with zero attached hydrogens (tertiary/aromatic N) is 4. The lowest BCUT2D eigenvalue weighted by atomic mass is 9.43. The third-order valence-corrected chi connectivity index (χ3v) is 14.6. The number of nitriles is 1. The lowest BCUT2D eigenvalue weighted by Gasteiger charge is -2.66. The summed E-state index contributed by atoms with van der Waals surface area (Å²) in [5, 5.41) is 24.4. The number of likely N-dealkylation sites (N-methyl/N-ethyl adjacent to an activating group) is 1. The second-order valence-electron chi connectivity index (χ2n) is 20.0. The molecule has 0 radical (unpaired) electrons. The normalized spacial score (nSPS) is 27.6. The van der Waals surface area contributed by atoms with Crippen molar-refractivity contribution in [2.24, 2.45) is 29.4 Å². The number of esters is 2. The smallest absolute Gasteiger partial charge is 0.333 e. The van der Waals surface area contributed by atoms with E-state index in [4.69, 9.17) is 24.7 Å². The molecule has 66 heavy (non-hydrogen) atoms. The molecule has 3 N–H and O–H groups in total. The number of carbonyl (C=O) groups excluding carboxylic acids is 4. The Morgan fingerprint density at radius 1 is 1.02 bits per heavy atom. The summed E-state index contributed by atoms with van der Waals surface area (Å²) in [5.41, 5.74) is 7.07. The van der Waals surface area contributed by atoms with Crippen LogP contribution >= 0.6 is 0 Å². The fourth-order valence-electron chi connectivity index (χ4n) is 11.0. The van der Waals surface area contributed by atoms with Crippen LogP contribution in [0.3, 0.4) is 0 Å². The summed E-state index contributed by atoms with van der Waals surface area (Å²) in [6.45, 7) is 18.3. The lowest BCUT2D eigenvalue weighted by molar-refractivity contribution is -0.210. The molecule has 1 saturated heterocycles. The maximum Gasteiger partial charge on any atom is 0.333 e. The standard InChI is InChI=1S/C52H67N5O9/c1-29(2)13-12-20-50(8)21-19-34-44(65-50)33(15-14-30(3)4)46-41(45(34)64-39(59)17-16-38(58)57-25-23-55(9)24-26-57)43-42-40(36(28-53)48(54)56(43)10)35-27-37(31(5)6)52(42,66-46)51(62,47(35)60)22-18-32(7)49(61)63-11/h13-14,18-19,21,31,35,37,40,62H,12,15-17,20,22-27,54H2,1-11H3/b32-18-. The Morgan fingerprint density at radius 3 is 2.32 bits per heavy atom. The number of aliphatic hydroxyl groups is 1. The van der Waals surface area contributed by atoms with Gasteiger partial charge in [-0.15, -0.1) is 0 Å². The average Bonchev–Trinajstić information content (AvgIpc) is 3.27. The number of nitrogens with two attached hydrogens (primary N) is 1. The van der Waals surface area contributed by atoms with Gasteiger partial charge in [0.05, 0.1) is 42.0 Å². The average molecular weight is 906 g/mol. The number of rotatable bonds is 13. The first-order valence-electron chi connectivity index (χ1n) is 23.3. The van der Waals surface area contributed by atoms with Gasteiger partial charge in [0.1, 0.15) is 22.9 Å². The number of piperazine rings is 1. The predicted octanol–water partition coefficient (Wildman–Crippen LogP) is 6.78. The highest BCUT2D eigenvalue weighted by molar-refractivity contribution is 6.01. The minimum atomic E-state index is -2.26. The van der Waals surface area contributed by atoms with Gasteiger partial charge in [-0.05, 0) is 92.3 Å². The van der Waals surface area contributed by atoms with E-state index in [9.17, 15) is 24.8 Å². The Labute approximate surface area is 389 Å². The Balaban J connectivity index is 1.52. The molecule has 1 amide bonds. The number of hydrogen-bond donors (Lipinski definition) is 2. The van der Waals surface area contributed by atoms with Gasteiger partial charge in [-0.3, -0.25) is 14.4 Å². The topological polar surface area (TPSA) is 185 Å². The van der Waals surface area contributed by atoms with Crippen molar-refractivity contribution in [3.8, 4) is 23.3 Å². The van der Waals surface area contributed by atoms with E-state index in [1.54, 1.807) is 23.8 Å². The van der Waals surface area contributed by atoms with Crippen molar-refractivity contribution in [2.75, 3.05) is 47.4 Å². The number of ether oxygens (including phenoxy) is 4. The van der Waals surface area contributed by atoms with Gasteiger partial charge in [-0.2, -0.15) is 5.26 Å². The fraction of sp³-hybridized carbons (Fsp3) is 0.558. The van der Waals surface area contributed by atoms with E-state index in [0.717, 1.165) is 25.1 Å². The van der Waals surface area contributed by atoms with E-state index in [1.807, 2.05) is 73.7 Å². The highest BCUT2D eigenvalue weighted by atomic mass is 16.6. The van der Waals surface area contributed by atoms with Gasteiger partial charge < -0.3 is 44.5 Å². The van der Waals surface area contributed by atoms with Gasteiger partial charge in [-0.1, -0.05) is 43.2 Å². The van der Waals surface area contributed by atoms with Crippen LogP contribution in [0.25, 0.3) is 11.8 Å². The molecule has 3 aliphatic carbocycles. The van der Waals surface area contributed by atoms with Crippen LogP contribution in [0.1, 0.15) is 111 Å². The zero-order valence-electron chi connectivity index (χ0n) is 40.6. The number of ketones is 1. The van der Waals surface area contributed by atoms with Crippen molar-refractivity contribution in [1.29, 1.82) is 5.26 Å². The Kier molecular flexibility index (Phi) is 13.3. The molecule has 4 heterocycles. The Bertz CT molecular complexity index is 2450. The first kappa shape index (κ1) is 48.3. The molecular weight excluding hydrogens is 839 g/mol. The number of benzene rings is 1. The minimum absolute atomic E-state index is 0.0531. The van der Waals surface area contributed by atoms with Crippen molar-refractivity contribution < 1.29 is 43.2 Å². The summed E-state index contributed by atoms with van der Waals surface area (Å²) in [6, 6.07) is 2.32. The SMILES string of the molecule is COC(=O)/C(C)=C\CC1(O)C(=O)C2CC(C(C)C)C13Oc1c(CC=C(C)C)c4c(c(OC(=O)CCC(=O)N5CCN(C)CC5)c1C1=C3C2C(C#N)=C(N)N1C)C=CC(C)(CCC=C(C)C)O4.